The van der Waals surface area contributed by atoms with Gasteiger partial charge in [0.15, 0.2) is 0 Å². The molecule has 0 aromatic carbocycles. The lowest BCUT2D eigenvalue weighted by Gasteiger charge is -2.28. The maximum absolute atomic E-state index is 9.60. The van der Waals surface area contributed by atoms with Gasteiger partial charge in [-0.1, -0.05) is 0 Å². The number of aliphatic hydroxyl groups is 2. The molecule has 2 N–H and O–H groups in total. The fourth-order valence-electron chi connectivity index (χ4n) is 1.48. The average Bonchev–Trinajstić information content (AvgIpc) is 2.13. The third-order valence-corrected chi connectivity index (χ3v) is 2.13. The van der Waals surface area contributed by atoms with Crippen LogP contribution in [0.2, 0.25) is 0 Å². The van der Waals surface area contributed by atoms with E-state index in [1.54, 1.807) is 6.92 Å². The number of hydrogen-bond donors (Lipinski definition) is 2. The molecule has 0 bridgehead atoms. The summed E-state index contributed by atoms with van der Waals surface area (Å²) in [5.74, 6) is 0. The molecule has 0 spiro atoms. The first-order chi connectivity index (χ1) is 4.67. The van der Waals surface area contributed by atoms with Crippen molar-refractivity contribution in [2.45, 2.75) is 25.5 Å². The fourth-order valence-corrected chi connectivity index (χ4v) is 1.48. The summed E-state index contributed by atoms with van der Waals surface area (Å²) in [4.78, 5) is 1.91. The van der Waals surface area contributed by atoms with Gasteiger partial charge in [0, 0.05) is 13.1 Å². The standard InChI is InChI=1S/C7H15NO2/c1-7(10)3-2-4-8(7)5-6-9/h9-10H,2-6H2,1H3. The van der Waals surface area contributed by atoms with Gasteiger partial charge in [-0.05, 0) is 19.8 Å². The summed E-state index contributed by atoms with van der Waals surface area (Å²) in [6, 6.07) is 0. The van der Waals surface area contributed by atoms with Gasteiger partial charge in [0.05, 0.1) is 6.61 Å². The Bertz CT molecular complexity index is 114. The second-order valence-corrected chi connectivity index (χ2v) is 3.03. The van der Waals surface area contributed by atoms with Crippen molar-refractivity contribution in [3.63, 3.8) is 0 Å². The first-order valence-electron chi connectivity index (χ1n) is 3.75. The molecule has 10 heavy (non-hydrogen) atoms. The molecule has 0 saturated carbocycles. The normalized spacial score (nSPS) is 35.1. The van der Waals surface area contributed by atoms with Gasteiger partial charge in [-0.15, -0.1) is 0 Å². The van der Waals surface area contributed by atoms with Crippen LogP contribution in [0.15, 0.2) is 0 Å². The van der Waals surface area contributed by atoms with Crippen molar-refractivity contribution in [3.05, 3.63) is 0 Å². The Morgan fingerprint density at radius 1 is 1.60 bits per heavy atom. The fraction of sp³-hybridized carbons (Fsp3) is 1.00. The number of β-amino-alcohol motifs (C(OH)–C–C–N with tert-alkyl or cyclic N) is 1. The molecule has 1 atom stereocenters. The zero-order valence-corrected chi connectivity index (χ0v) is 6.38. The molecule has 3 heteroatoms. The van der Waals surface area contributed by atoms with Crippen LogP contribution in [0.3, 0.4) is 0 Å². The van der Waals surface area contributed by atoms with E-state index in [0.29, 0.717) is 6.54 Å². The van der Waals surface area contributed by atoms with E-state index < -0.39 is 5.72 Å². The van der Waals surface area contributed by atoms with Crippen LogP contribution in [0.4, 0.5) is 0 Å². The zero-order chi connectivity index (χ0) is 7.61. The smallest absolute Gasteiger partial charge is 0.115 e. The lowest BCUT2D eigenvalue weighted by Crippen LogP contribution is -2.42. The van der Waals surface area contributed by atoms with E-state index in [9.17, 15) is 5.11 Å². The highest BCUT2D eigenvalue weighted by Crippen LogP contribution is 2.24. The zero-order valence-electron chi connectivity index (χ0n) is 6.38. The minimum absolute atomic E-state index is 0.135. The van der Waals surface area contributed by atoms with Crippen molar-refractivity contribution in [2.24, 2.45) is 0 Å². The highest BCUT2D eigenvalue weighted by molar-refractivity contribution is 4.81. The van der Waals surface area contributed by atoms with E-state index >= 15 is 0 Å². The van der Waals surface area contributed by atoms with Gasteiger partial charge in [-0.2, -0.15) is 0 Å². The monoisotopic (exact) mass is 145 g/mol. The average molecular weight is 145 g/mol. The Morgan fingerprint density at radius 2 is 2.30 bits per heavy atom. The minimum Gasteiger partial charge on any atom is -0.395 e. The summed E-state index contributed by atoms with van der Waals surface area (Å²) >= 11 is 0. The molecule has 1 saturated heterocycles. The first-order valence-corrected chi connectivity index (χ1v) is 3.75. The van der Waals surface area contributed by atoms with Crippen LogP contribution in [0.5, 0.6) is 0 Å². The molecule has 1 heterocycles. The molecule has 3 nitrogen and oxygen atoms in total. The van der Waals surface area contributed by atoms with Crippen LogP contribution < -0.4 is 0 Å². The predicted octanol–water partition coefficient (Wildman–Crippen LogP) is -0.217. The third-order valence-electron chi connectivity index (χ3n) is 2.13. The van der Waals surface area contributed by atoms with Crippen LogP contribution in [0.25, 0.3) is 0 Å². The molecule has 0 amide bonds. The highest BCUT2D eigenvalue weighted by atomic mass is 16.3. The lowest BCUT2D eigenvalue weighted by atomic mass is 10.2. The number of nitrogens with zero attached hydrogens (tertiary/aromatic N) is 1. The Kier molecular flexibility index (Phi) is 2.28. The van der Waals surface area contributed by atoms with Crippen LogP contribution >= 0.6 is 0 Å². The van der Waals surface area contributed by atoms with Crippen LogP contribution in [0, 0.1) is 0 Å². The Labute approximate surface area is 61.3 Å². The third kappa shape index (κ3) is 1.48. The molecule has 0 aliphatic carbocycles. The van der Waals surface area contributed by atoms with Crippen LogP contribution in [0.1, 0.15) is 19.8 Å². The molecule has 0 aromatic rings. The Morgan fingerprint density at radius 3 is 2.70 bits per heavy atom. The number of aliphatic hydroxyl groups excluding tert-OH is 1. The molecule has 1 aliphatic rings. The Hall–Kier alpha value is -0.120. The molecule has 0 aromatic heterocycles. The van der Waals surface area contributed by atoms with Crippen molar-refractivity contribution in [1.82, 2.24) is 4.90 Å². The maximum atomic E-state index is 9.60. The largest absolute Gasteiger partial charge is 0.395 e. The van der Waals surface area contributed by atoms with Gasteiger partial charge >= 0.3 is 0 Å². The van der Waals surface area contributed by atoms with Crippen molar-refractivity contribution in [1.29, 1.82) is 0 Å². The van der Waals surface area contributed by atoms with Crippen molar-refractivity contribution in [2.75, 3.05) is 19.7 Å². The second kappa shape index (κ2) is 2.86. The molecule has 60 valence electrons. The van der Waals surface area contributed by atoms with E-state index in [-0.39, 0.29) is 6.61 Å². The molecule has 1 rings (SSSR count). The molecular formula is C7H15NO2. The summed E-state index contributed by atoms with van der Waals surface area (Å²) in [6.45, 7) is 3.44. The molecular weight excluding hydrogens is 130 g/mol. The summed E-state index contributed by atoms with van der Waals surface area (Å²) in [6.07, 6.45) is 1.86. The summed E-state index contributed by atoms with van der Waals surface area (Å²) in [5, 5.41) is 18.2. The van der Waals surface area contributed by atoms with Gasteiger partial charge in [0.25, 0.3) is 0 Å². The SMILES string of the molecule is CC1(O)CCCN1CCO. The van der Waals surface area contributed by atoms with E-state index in [1.807, 2.05) is 4.90 Å². The summed E-state index contributed by atoms with van der Waals surface area (Å²) < 4.78 is 0. The summed E-state index contributed by atoms with van der Waals surface area (Å²) in [7, 11) is 0. The minimum atomic E-state index is -0.664. The molecule has 0 radical (unpaired) electrons. The molecule has 1 aliphatic heterocycles. The van der Waals surface area contributed by atoms with E-state index in [0.717, 1.165) is 19.4 Å². The van der Waals surface area contributed by atoms with Gasteiger partial charge < -0.3 is 10.2 Å². The van der Waals surface area contributed by atoms with Crippen molar-refractivity contribution >= 4 is 0 Å². The van der Waals surface area contributed by atoms with Gasteiger partial charge in [-0.25, -0.2) is 0 Å². The van der Waals surface area contributed by atoms with E-state index in [1.165, 1.54) is 0 Å². The van der Waals surface area contributed by atoms with Crippen LogP contribution in [-0.2, 0) is 0 Å². The second-order valence-electron chi connectivity index (χ2n) is 3.03. The molecule has 1 unspecified atom stereocenters. The number of rotatable bonds is 2. The summed E-state index contributed by atoms with van der Waals surface area (Å²) in [5.41, 5.74) is -0.664. The number of hydrogen-bond acceptors (Lipinski definition) is 3. The lowest BCUT2D eigenvalue weighted by molar-refractivity contribution is -0.0690. The van der Waals surface area contributed by atoms with E-state index in [4.69, 9.17) is 5.11 Å². The topological polar surface area (TPSA) is 43.7 Å². The quantitative estimate of drug-likeness (QED) is 0.564. The van der Waals surface area contributed by atoms with E-state index in [2.05, 4.69) is 0 Å². The first kappa shape index (κ1) is 7.98. The van der Waals surface area contributed by atoms with Gasteiger partial charge in [-0.3, -0.25) is 4.90 Å². The van der Waals surface area contributed by atoms with Crippen molar-refractivity contribution < 1.29 is 10.2 Å². The maximum Gasteiger partial charge on any atom is 0.115 e. The van der Waals surface area contributed by atoms with Gasteiger partial charge in [0.1, 0.15) is 5.72 Å². The molecule has 1 fully saturated rings. The predicted molar refractivity (Wildman–Crippen MR) is 38.5 cm³/mol. The van der Waals surface area contributed by atoms with Crippen LogP contribution in [-0.4, -0.2) is 40.5 Å². The Balaban J connectivity index is 2.43. The van der Waals surface area contributed by atoms with Crippen molar-refractivity contribution in [3.8, 4) is 0 Å². The number of likely N-dealkylation sites (tertiary alicyclic amines) is 1. The van der Waals surface area contributed by atoms with Gasteiger partial charge in [0.2, 0.25) is 0 Å². The highest BCUT2D eigenvalue weighted by Gasteiger charge is 2.33.